The number of aromatic nitrogens is 1. The van der Waals surface area contributed by atoms with Gasteiger partial charge in [-0.1, -0.05) is 13.3 Å². The van der Waals surface area contributed by atoms with Crippen molar-refractivity contribution in [2.45, 2.75) is 32.7 Å². The number of hydrogen-bond acceptors (Lipinski definition) is 3. The highest BCUT2D eigenvalue weighted by molar-refractivity contribution is 5.90. The minimum absolute atomic E-state index is 0.155. The van der Waals surface area contributed by atoms with E-state index in [4.69, 9.17) is 4.74 Å². The van der Waals surface area contributed by atoms with E-state index in [0.29, 0.717) is 11.6 Å². The predicted molar refractivity (Wildman–Crippen MR) is 67.3 cm³/mol. The quantitative estimate of drug-likeness (QED) is 0.826. The number of carbonyl (C=O) groups excluding carboxylic acids is 1. The Labute approximate surface area is 102 Å². The smallest absolute Gasteiger partial charge is 0.319 e. The monoisotopic (exact) mass is 237 g/mol. The number of methoxy groups -OCH3 is 1. The Hall–Kier alpha value is -1.78. The summed E-state index contributed by atoms with van der Waals surface area (Å²) in [5, 5.41) is 5.56. The summed E-state index contributed by atoms with van der Waals surface area (Å²) in [5.41, 5.74) is 0.566. The summed E-state index contributed by atoms with van der Waals surface area (Å²) in [6, 6.07) is 3.41. The molecule has 0 unspecified atom stereocenters. The predicted octanol–water partition coefficient (Wildman–Crippen LogP) is 2.40. The Bertz CT molecular complexity index is 369. The number of anilines is 1. The van der Waals surface area contributed by atoms with E-state index >= 15 is 0 Å². The molecular weight excluding hydrogens is 218 g/mol. The minimum Gasteiger partial charge on any atom is -0.480 e. The number of rotatable bonds is 5. The lowest BCUT2D eigenvalue weighted by Gasteiger charge is -2.14. The van der Waals surface area contributed by atoms with Gasteiger partial charge in [0, 0.05) is 12.2 Å². The van der Waals surface area contributed by atoms with Crippen LogP contribution in [0.2, 0.25) is 0 Å². The maximum absolute atomic E-state index is 11.7. The lowest BCUT2D eigenvalue weighted by molar-refractivity contribution is 0.248. The van der Waals surface area contributed by atoms with Crippen LogP contribution >= 0.6 is 0 Å². The molecule has 1 rings (SSSR count). The van der Waals surface area contributed by atoms with Crippen LogP contribution in [0, 0.1) is 0 Å². The third-order valence-electron chi connectivity index (χ3n) is 2.31. The summed E-state index contributed by atoms with van der Waals surface area (Å²) in [4.78, 5) is 15.7. The molecule has 2 amide bonds. The van der Waals surface area contributed by atoms with E-state index in [2.05, 4.69) is 22.5 Å². The number of hydrogen-bond donors (Lipinski definition) is 2. The van der Waals surface area contributed by atoms with Crippen molar-refractivity contribution in [1.82, 2.24) is 10.3 Å². The van der Waals surface area contributed by atoms with E-state index in [0.717, 1.165) is 12.8 Å². The van der Waals surface area contributed by atoms with Crippen molar-refractivity contribution in [2.75, 3.05) is 12.4 Å². The second kappa shape index (κ2) is 6.73. The van der Waals surface area contributed by atoms with Crippen molar-refractivity contribution >= 4 is 11.7 Å². The fraction of sp³-hybridized carbons (Fsp3) is 0.500. The van der Waals surface area contributed by atoms with Gasteiger partial charge in [0.25, 0.3) is 0 Å². The van der Waals surface area contributed by atoms with Crippen LogP contribution in [0.5, 0.6) is 5.88 Å². The second-order valence-electron chi connectivity index (χ2n) is 3.85. The lowest BCUT2D eigenvalue weighted by atomic mass is 10.2. The Morgan fingerprint density at radius 2 is 2.35 bits per heavy atom. The van der Waals surface area contributed by atoms with Crippen LogP contribution in [0.3, 0.4) is 0 Å². The summed E-state index contributed by atoms with van der Waals surface area (Å²) < 4.78 is 5.05. The molecule has 0 aromatic carbocycles. The van der Waals surface area contributed by atoms with Crippen LogP contribution in [0.4, 0.5) is 10.5 Å². The molecule has 5 heteroatoms. The number of ether oxygens (including phenoxy) is 1. The fourth-order valence-electron chi connectivity index (χ4n) is 1.54. The average Bonchev–Trinajstić information content (AvgIpc) is 2.29. The van der Waals surface area contributed by atoms with E-state index in [9.17, 15) is 4.79 Å². The van der Waals surface area contributed by atoms with Gasteiger partial charge < -0.3 is 15.4 Å². The van der Waals surface area contributed by atoms with Gasteiger partial charge >= 0.3 is 6.03 Å². The average molecular weight is 237 g/mol. The van der Waals surface area contributed by atoms with Crippen molar-refractivity contribution in [1.29, 1.82) is 0 Å². The molecule has 0 spiro atoms. The highest BCUT2D eigenvalue weighted by Gasteiger charge is 2.09. The normalized spacial score (nSPS) is 11.7. The Morgan fingerprint density at radius 3 is 3.00 bits per heavy atom. The van der Waals surface area contributed by atoms with Crippen LogP contribution < -0.4 is 15.4 Å². The Balaban J connectivity index is 2.55. The number of nitrogens with zero attached hydrogens (tertiary/aromatic N) is 1. The van der Waals surface area contributed by atoms with Crippen molar-refractivity contribution in [3.8, 4) is 5.88 Å². The molecule has 0 saturated heterocycles. The van der Waals surface area contributed by atoms with E-state index < -0.39 is 0 Å². The summed E-state index contributed by atoms with van der Waals surface area (Å²) in [6.07, 6.45) is 3.61. The summed E-state index contributed by atoms with van der Waals surface area (Å²) >= 11 is 0. The topological polar surface area (TPSA) is 63.2 Å². The van der Waals surface area contributed by atoms with Crippen LogP contribution in [-0.4, -0.2) is 24.2 Å². The maximum atomic E-state index is 11.7. The first-order valence-electron chi connectivity index (χ1n) is 5.74. The Morgan fingerprint density at radius 1 is 1.59 bits per heavy atom. The van der Waals surface area contributed by atoms with Gasteiger partial charge in [-0.2, -0.15) is 0 Å². The lowest BCUT2D eigenvalue weighted by Crippen LogP contribution is -2.36. The van der Waals surface area contributed by atoms with Gasteiger partial charge in [0.1, 0.15) is 5.69 Å². The molecule has 17 heavy (non-hydrogen) atoms. The molecule has 1 aromatic heterocycles. The van der Waals surface area contributed by atoms with Gasteiger partial charge in [-0.25, -0.2) is 9.78 Å². The molecule has 0 aliphatic rings. The first-order valence-corrected chi connectivity index (χ1v) is 5.74. The number of carbonyl (C=O) groups is 1. The van der Waals surface area contributed by atoms with Crippen LogP contribution in [0.25, 0.3) is 0 Å². The van der Waals surface area contributed by atoms with E-state index in [-0.39, 0.29) is 12.1 Å². The fourth-order valence-corrected chi connectivity index (χ4v) is 1.54. The molecule has 1 heterocycles. The molecule has 0 radical (unpaired) electrons. The highest BCUT2D eigenvalue weighted by Crippen LogP contribution is 2.19. The van der Waals surface area contributed by atoms with Crippen molar-refractivity contribution in [3.05, 3.63) is 18.3 Å². The van der Waals surface area contributed by atoms with Gasteiger partial charge in [0.2, 0.25) is 5.88 Å². The molecule has 5 nitrogen and oxygen atoms in total. The Kier molecular flexibility index (Phi) is 5.26. The molecule has 1 aromatic rings. The zero-order valence-corrected chi connectivity index (χ0v) is 10.5. The van der Waals surface area contributed by atoms with Crippen molar-refractivity contribution < 1.29 is 9.53 Å². The van der Waals surface area contributed by atoms with Gasteiger partial charge in [0.05, 0.1) is 7.11 Å². The molecule has 0 fully saturated rings. The van der Waals surface area contributed by atoms with E-state index in [1.165, 1.54) is 7.11 Å². The highest BCUT2D eigenvalue weighted by atomic mass is 16.5. The number of nitrogens with one attached hydrogen (secondary N) is 2. The maximum Gasteiger partial charge on any atom is 0.319 e. The van der Waals surface area contributed by atoms with Crippen LogP contribution in [-0.2, 0) is 0 Å². The molecule has 2 N–H and O–H groups in total. The summed E-state index contributed by atoms with van der Waals surface area (Å²) in [7, 11) is 1.52. The molecule has 0 aliphatic carbocycles. The van der Waals surface area contributed by atoms with Crippen LogP contribution in [0.1, 0.15) is 26.7 Å². The second-order valence-corrected chi connectivity index (χ2v) is 3.85. The van der Waals surface area contributed by atoms with Crippen molar-refractivity contribution in [3.63, 3.8) is 0 Å². The molecule has 1 atom stereocenters. The summed E-state index contributed by atoms with van der Waals surface area (Å²) in [5.74, 6) is 0.408. The zero-order chi connectivity index (χ0) is 12.7. The first-order chi connectivity index (χ1) is 8.17. The molecular formula is C12H19N3O2. The largest absolute Gasteiger partial charge is 0.480 e. The first kappa shape index (κ1) is 13.3. The van der Waals surface area contributed by atoms with Crippen molar-refractivity contribution in [2.24, 2.45) is 0 Å². The number of pyridine rings is 1. The van der Waals surface area contributed by atoms with Gasteiger partial charge in [-0.3, -0.25) is 0 Å². The summed E-state index contributed by atoms with van der Waals surface area (Å²) in [6.45, 7) is 4.06. The number of amides is 2. The SMILES string of the molecule is CCC[C@H](C)NC(=O)Nc1cccnc1OC. The standard InChI is InChI=1S/C12H19N3O2/c1-4-6-9(2)14-12(16)15-10-7-5-8-13-11(10)17-3/h5,7-9H,4,6H2,1-3H3,(H2,14,15,16)/t9-/m0/s1. The number of urea groups is 1. The van der Waals surface area contributed by atoms with E-state index in [1.807, 2.05) is 6.92 Å². The van der Waals surface area contributed by atoms with Gasteiger partial charge in [0.15, 0.2) is 0 Å². The minimum atomic E-state index is -0.239. The van der Waals surface area contributed by atoms with Crippen LogP contribution in [0.15, 0.2) is 18.3 Å². The van der Waals surface area contributed by atoms with Gasteiger partial charge in [-0.15, -0.1) is 0 Å². The molecule has 0 bridgehead atoms. The third-order valence-corrected chi connectivity index (χ3v) is 2.31. The van der Waals surface area contributed by atoms with E-state index in [1.54, 1.807) is 18.3 Å². The zero-order valence-electron chi connectivity index (χ0n) is 10.5. The van der Waals surface area contributed by atoms with Gasteiger partial charge in [-0.05, 0) is 25.5 Å². The molecule has 0 aliphatic heterocycles. The third kappa shape index (κ3) is 4.30. The molecule has 0 saturated carbocycles. The molecule has 94 valence electrons.